The molecule has 74 valence electrons. The van der Waals surface area contributed by atoms with Crippen LogP contribution >= 0.6 is 0 Å². The first-order valence-electron chi connectivity index (χ1n) is 5.72. The third-order valence-corrected chi connectivity index (χ3v) is 4.53. The maximum Gasteiger partial charge on any atom is 0.123 e. The molecule has 1 heteroatoms. The molecule has 3 atom stereocenters. The highest BCUT2D eigenvalue weighted by Gasteiger charge is 2.44. The zero-order chi connectivity index (χ0) is 9.31. The van der Waals surface area contributed by atoms with Crippen molar-refractivity contribution in [1.29, 1.82) is 0 Å². The van der Waals surface area contributed by atoms with E-state index in [-0.39, 0.29) is 0 Å². The summed E-state index contributed by atoms with van der Waals surface area (Å²) < 4.78 is 0. The fraction of sp³-hybridized carbons (Fsp3) is 0.917. The van der Waals surface area contributed by atoms with Gasteiger partial charge in [0, 0.05) is 5.92 Å². The van der Waals surface area contributed by atoms with E-state index < -0.39 is 0 Å². The van der Waals surface area contributed by atoms with Gasteiger partial charge in [0.05, 0.1) is 0 Å². The maximum absolute atomic E-state index is 11.0. The molecule has 0 amide bonds. The summed E-state index contributed by atoms with van der Waals surface area (Å²) in [5.41, 5.74) is 0.373. The van der Waals surface area contributed by atoms with Gasteiger partial charge in [-0.3, -0.25) is 0 Å². The molecule has 0 N–H and O–H groups in total. The summed E-state index contributed by atoms with van der Waals surface area (Å²) in [7, 11) is 0. The van der Waals surface area contributed by atoms with Crippen molar-refractivity contribution in [1.82, 2.24) is 0 Å². The van der Waals surface area contributed by atoms with Gasteiger partial charge in [0.15, 0.2) is 0 Å². The summed E-state index contributed by atoms with van der Waals surface area (Å²) in [5, 5.41) is 0. The number of rotatable bonds is 1. The van der Waals surface area contributed by atoms with E-state index in [2.05, 4.69) is 6.92 Å². The van der Waals surface area contributed by atoms with E-state index in [1.165, 1.54) is 44.8 Å². The van der Waals surface area contributed by atoms with Crippen molar-refractivity contribution >= 4 is 6.29 Å². The molecule has 0 heterocycles. The highest BCUT2D eigenvalue weighted by atomic mass is 16.1. The summed E-state index contributed by atoms with van der Waals surface area (Å²) in [6.07, 6.45) is 10.4. The van der Waals surface area contributed by atoms with Gasteiger partial charge in [0.25, 0.3) is 0 Å². The zero-order valence-electron chi connectivity index (χ0n) is 8.59. The van der Waals surface area contributed by atoms with E-state index in [0.29, 0.717) is 11.3 Å². The smallest absolute Gasteiger partial charge is 0.123 e. The van der Waals surface area contributed by atoms with Gasteiger partial charge >= 0.3 is 0 Å². The van der Waals surface area contributed by atoms with Gasteiger partial charge < -0.3 is 4.79 Å². The minimum absolute atomic E-state index is 0.367. The Morgan fingerprint density at radius 2 is 1.92 bits per heavy atom. The van der Waals surface area contributed by atoms with Crippen LogP contribution in [0.25, 0.3) is 0 Å². The minimum Gasteiger partial charge on any atom is -0.303 e. The van der Waals surface area contributed by atoms with Crippen molar-refractivity contribution in [2.24, 2.45) is 17.3 Å². The van der Waals surface area contributed by atoms with Crippen molar-refractivity contribution in [2.75, 3.05) is 0 Å². The SMILES string of the molecule is C[C@@]12CCCC[C@@H]1CCCC2C=O. The summed E-state index contributed by atoms with van der Waals surface area (Å²) in [4.78, 5) is 11.0. The summed E-state index contributed by atoms with van der Waals surface area (Å²) in [5.74, 6) is 1.22. The number of carbonyl (C=O) groups is 1. The van der Waals surface area contributed by atoms with Crippen LogP contribution in [0.2, 0.25) is 0 Å². The minimum atomic E-state index is 0.367. The lowest BCUT2D eigenvalue weighted by atomic mass is 9.56. The second kappa shape index (κ2) is 3.43. The van der Waals surface area contributed by atoms with Crippen LogP contribution in [0, 0.1) is 17.3 Å². The quantitative estimate of drug-likeness (QED) is 0.566. The average molecular weight is 180 g/mol. The molecule has 0 aromatic rings. The highest BCUT2D eigenvalue weighted by molar-refractivity contribution is 5.55. The standard InChI is InChI=1S/C12H20O/c1-12-8-3-2-5-10(12)6-4-7-11(12)9-13/h9-11H,2-8H2,1H3/t10-,11?,12-/m1/s1. The summed E-state index contributed by atoms with van der Waals surface area (Å²) >= 11 is 0. The fourth-order valence-corrected chi connectivity index (χ4v) is 3.53. The molecule has 0 spiro atoms. The van der Waals surface area contributed by atoms with Crippen LogP contribution in [0.4, 0.5) is 0 Å². The molecule has 0 bridgehead atoms. The third-order valence-electron chi connectivity index (χ3n) is 4.53. The van der Waals surface area contributed by atoms with E-state index in [9.17, 15) is 4.79 Å². The number of hydrogen-bond acceptors (Lipinski definition) is 1. The molecule has 0 aromatic heterocycles. The average Bonchev–Trinajstić information content (AvgIpc) is 2.16. The second-order valence-electron chi connectivity index (χ2n) is 5.12. The normalized spacial score (nSPS) is 45.3. The van der Waals surface area contributed by atoms with Crippen LogP contribution < -0.4 is 0 Å². The molecule has 0 saturated heterocycles. The van der Waals surface area contributed by atoms with Gasteiger partial charge in [-0.05, 0) is 37.0 Å². The Hall–Kier alpha value is -0.330. The molecule has 2 fully saturated rings. The molecule has 13 heavy (non-hydrogen) atoms. The van der Waals surface area contributed by atoms with Gasteiger partial charge in [-0.2, -0.15) is 0 Å². The molecule has 0 radical (unpaired) electrons. The highest BCUT2D eigenvalue weighted by Crippen LogP contribution is 2.52. The maximum atomic E-state index is 11.0. The topological polar surface area (TPSA) is 17.1 Å². The Morgan fingerprint density at radius 1 is 1.15 bits per heavy atom. The van der Waals surface area contributed by atoms with Crippen LogP contribution in [0.1, 0.15) is 51.9 Å². The molecule has 2 rings (SSSR count). The molecule has 2 aliphatic rings. The van der Waals surface area contributed by atoms with Crippen LogP contribution in [-0.4, -0.2) is 6.29 Å². The van der Waals surface area contributed by atoms with Crippen LogP contribution in [-0.2, 0) is 4.79 Å². The molecular formula is C12H20O. The molecule has 1 unspecified atom stereocenters. The van der Waals surface area contributed by atoms with E-state index >= 15 is 0 Å². The Balaban J connectivity index is 2.18. The molecule has 0 aliphatic heterocycles. The number of hydrogen-bond donors (Lipinski definition) is 0. The van der Waals surface area contributed by atoms with Gasteiger partial charge in [0.1, 0.15) is 6.29 Å². The number of fused-ring (bicyclic) bond motifs is 1. The first-order valence-corrected chi connectivity index (χ1v) is 5.72. The molecular weight excluding hydrogens is 160 g/mol. The van der Waals surface area contributed by atoms with Crippen molar-refractivity contribution in [2.45, 2.75) is 51.9 Å². The van der Waals surface area contributed by atoms with E-state index in [1.54, 1.807) is 0 Å². The van der Waals surface area contributed by atoms with Crippen LogP contribution in [0.3, 0.4) is 0 Å². The monoisotopic (exact) mass is 180 g/mol. The van der Waals surface area contributed by atoms with Crippen molar-refractivity contribution in [3.05, 3.63) is 0 Å². The Kier molecular flexibility index (Phi) is 2.44. The van der Waals surface area contributed by atoms with Crippen LogP contribution in [0.5, 0.6) is 0 Å². The van der Waals surface area contributed by atoms with Gasteiger partial charge in [-0.15, -0.1) is 0 Å². The van der Waals surface area contributed by atoms with E-state index in [4.69, 9.17) is 0 Å². The van der Waals surface area contributed by atoms with Crippen LogP contribution in [0.15, 0.2) is 0 Å². The lowest BCUT2D eigenvalue weighted by Gasteiger charge is -2.48. The Bertz CT molecular complexity index is 197. The van der Waals surface area contributed by atoms with E-state index in [1.807, 2.05) is 0 Å². The fourth-order valence-electron chi connectivity index (χ4n) is 3.53. The second-order valence-corrected chi connectivity index (χ2v) is 5.12. The third kappa shape index (κ3) is 1.43. The first kappa shape index (κ1) is 9.23. The molecule has 2 saturated carbocycles. The molecule has 1 nitrogen and oxygen atoms in total. The first-order chi connectivity index (χ1) is 6.27. The summed E-state index contributed by atoms with van der Waals surface area (Å²) in [6.45, 7) is 2.36. The molecule has 0 aromatic carbocycles. The summed E-state index contributed by atoms with van der Waals surface area (Å²) in [6, 6.07) is 0. The largest absolute Gasteiger partial charge is 0.303 e. The predicted molar refractivity (Wildman–Crippen MR) is 53.5 cm³/mol. The lowest BCUT2D eigenvalue weighted by molar-refractivity contribution is -0.120. The number of aldehydes is 1. The van der Waals surface area contributed by atoms with Gasteiger partial charge in [-0.25, -0.2) is 0 Å². The Morgan fingerprint density at radius 3 is 2.69 bits per heavy atom. The van der Waals surface area contributed by atoms with Crippen molar-refractivity contribution < 1.29 is 4.79 Å². The molecule has 2 aliphatic carbocycles. The van der Waals surface area contributed by atoms with Gasteiger partial charge in [-0.1, -0.05) is 26.2 Å². The predicted octanol–water partition coefficient (Wildman–Crippen LogP) is 3.18. The van der Waals surface area contributed by atoms with Gasteiger partial charge in [0.2, 0.25) is 0 Å². The zero-order valence-corrected chi connectivity index (χ0v) is 8.59. The van der Waals surface area contributed by atoms with Crippen molar-refractivity contribution in [3.8, 4) is 0 Å². The Labute approximate surface area is 80.9 Å². The van der Waals surface area contributed by atoms with Crippen molar-refractivity contribution in [3.63, 3.8) is 0 Å². The van der Waals surface area contributed by atoms with E-state index in [0.717, 1.165) is 12.3 Å². The number of carbonyl (C=O) groups excluding carboxylic acids is 1. The lowest BCUT2D eigenvalue weighted by Crippen LogP contribution is -2.41.